The largest absolute Gasteiger partial charge is 0.444 e. The number of nitrogens with zero attached hydrogens (tertiary/aromatic N) is 4. The van der Waals surface area contributed by atoms with Crippen LogP contribution in [0.1, 0.15) is 64.9 Å². The average Bonchev–Trinajstić information content (AvgIpc) is 2.85. The van der Waals surface area contributed by atoms with E-state index in [0.29, 0.717) is 19.6 Å². The van der Waals surface area contributed by atoms with Crippen LogP contribution in [0, 0.1) is 13.8 Å². The van der Waals surface area contributed by atoms with Crippen molar-refractivity contribution in [1.29, 1.82) is 0 Å². The standard InChI is InChI=1S/C22H42N6O2/c1-10-13-28(21(29)30-22(6,7)8)14-12-24-20(23-11-2)25-16(3)15-19-17(4)26-27(9)18(19)5/h16H,10-15H2,1-9H3,(H2,23,24,25). The number of ether oxygens (including phenoxy) is 1. The molecule has 1 rings (SSSR count). The summed E-state index contributed by atoms with van der Waals surface area (Å²) in [6, 6.07) is 0.196. The van der Waals surface area contributed by atoms with Gasteiger partial charge in [-0.1, -0.05) is 6.92 Å². The van der Waals surface area contributed by atoms with Gasteiger partial charge in [0.15, 0.2) is 5.96 Å². The zero-order chi connectivity index (χ0) is 22.9. The van der Waals surface area contributed by atoms with E-state index in [9.17, 15) is 4.79 Å². The quantitative estimate of drug-likeness (QED) is 0.472. The van der Waals surface area contributed by atoms with Crippen LogP contribution in [0.25, 0.3) is 0 Å². The first kappa shape index (κ1) is 25.8. The lowest BCUT2D eigenvalue weighted by atomic mass is 10.1. The predicted molar refractivity (Wildman–Crippen MR) is 123 cm³/mol. The van der Waals surface area contributed by atoms with Crippen LogP contribution in [0.2, 0.25) is 0 Å². The summed E-state index contributed by atoms with van der Waals surface area (Å²) in [5.41, 5.74) is 3.03. The lowest BCUT2D eigenvalue weighted by Gasteiger charge is -2.27. The third-order valence-corrected chi connectivity index (χ3v) is 4.68. The Hall–Kier alpha value is -2.25. The molecule has 1 aromatic heterocycles. The molecule has 30 heavy (non-hydrogen) atoms. The highest BCUT2D eigenvalue weighted by Gasteiger charge is 2.21. The number of rotatable bonds is 9. The van der Waals surface area contributed by atoms with Gasteiger partial charge >= 0.3 is 6.09 Å². The van der Waals surface area contributed by atoms with Crippen molar-refractivity contribution in [2.24, 2.45) is 12.0 Å². The van der Waals surface area contributed by atoms with Crippen molar-refractivity contribution >= 4 is 12.1 Å². The number of guanidine groups is 1. The topological polar surface area (TPSA) is 83.8 Å². The fraction of sp³-hybridized carbons (Fsp3) is 0.773. The molecule has 1 amide bonds. The van der Waals surface area contributed by atoms with Crippen LogP contribution < -0.4 is 10.6 Å². The highest BCUT2D eigenvalue weighted by molar-refractivity contribution is 5.80. The van der Waals surface area contributed by atoms with Gasteiger partial charge in [0.1, 0.15) is 5.60 Å². The van der Waals surface area contributed by atoms with E-state index in [-0.39, 0.29) is 12.1 Å². The molecule has 0 saturated heterocycles. The summed E-state index contributed by atoms with van der Waals surface area (Å²) in [6.45, 7) is 18.5. The van der Waals surface area contributed by atoms with Gasteiger partial charge in [0, 0.05) is 38.4 Å². The zero-order valence-electron chi connectivity index (χ0n) is 20.4. The number of hydrogen-bond donors (Lipinski definition) is 2. The van der Waals surface area contributed by atoms with Crippen LogP contribution in [0.3, 0.4) is 0 Å². The molecule has 0 aliphatic heterocycles. The Morgan fingerprint density at radius 3 is 2.43 bits per heavy atom. The van der Waals surface area contributed by atoms with E-state index in [4.69, 9.17) is 4.74 Å². The molecule has 1 heterocycles. The van der Waals surface area contributed by atoms with E-state index in [1.807, 2.05) is 46.3 Å². The smallest absolute Gasteiger partial charge is 0.410 e. The molecule has 0 saturated carbocycles. The van der Waals surface area contributed by atoms with Gasteiger partial charge in [0.25, 0.3) is 0 Å². The Labute approximate surface area is 182 Å². The summed E-state index contributed by atoms with van der Waals surface area (Å²) in [7, 11) is 1.97. The number of carbonyl (C=O) groups excluding carboxylic acids is 1. The van der Waals surface area contributed by atoms with Crippen molar-refractivity contribution in [3.05, 3.63) is 17.0 Å². The normalized spacial score (nSPS) is 13.2. The molecule has 0 fully saturated rings. The van der Waals surface area contributed by atoms with Gasteiger partial charge in [0.05, 0.1) is 12.2 Å². The number of amides is 1. The fourth-order valence-corrected chi connectivity index (χ4v) is 3.20. The minimum absolute atomic E-state index is 0.196. The molecular weight excluding hydrogens is 380 g/mol. The molecule has 172 valence electrons. The number of nitrogens with one attached hydrogen (secondary N) is 2. The Kier molecular flexibility index (Phi) is 10.2. The molecule has 2 N–H and O–H groups in total. The highest BCUT2D eigenvalue weighted by atomic mass is 16.6. The van der Waals surface area contributed by atoms with Crippen LogP contribution in [-0.4, -0.2) is 64.6 Å². The van der Waals surface area contributed by atoms with E-state index >= 15 is 0 Å². The number of carbonyl (C=O) groups is 1. The molecule has 0 aliphatic rings. The van der Waals surface area contributed by atoms with Crippen molar-refractivity contribution in [3.63, 3.8) is 0 Å². The Morgan fingerprint density at radius 1 is 1.27 bits per heavy atom. The monoisotopic (exact) mass is 422 g/mol. The maximum absolute atomic E-state index is 12.4. The van der Waals surface area contributed by atoms with Gasteiger partial charge in [-0.2, -0.15) is 5.10 Å². The number of aromatic nitrogens is 2. The Balaban J connectivity index is 2.72. The average molecular weight is 423 g/mol. The summed E-state index contributed by atoms with van der Waals surface area (Å²) >= 11 is 0. The van der Waals surface area contributed by atoms with Crippen LogP contribution in [0.4, 0.5) is 4.79 Å². The number of hydrogen-bond acceptors (Lipinski definition) is 4. The summed E-state index contributed by atoms with van der Waals surface area (Å²) < 4.78 is 7.44. The van der Waals surface area contributed by atoms with Gasteiger partial charge in [0.2, 0.25) is 0 Å². The number of aliphatic imine (C=N–C) groups is 1. The van der Waals surface area contributed by atoms with Crippen LogP contribution in [-0.2, 0) is 18.2 Å². The second kappa shape index (κ2) is 11.8. The van der Waals surface area contributed by atoms with Crippen LogP contribution in [0.15, 0.2) is 4.99 Å². The van der Waals surface area contributed by atoms with Crippen molar-refractivity contribution in [1.82, 2.24) is 25.3 Å². The maximum Gasteiger partial charge on any atom is 0.410 e. The van der Waals surface area contributed by atoms with Crippen molar-refractivity contribution in [3.8, 4) is 0 Å². The minimum atomic E-state index is -0.499. The van der Waals surface area contributed by atoms with Gasteiger partial charge in [-0.05, 0) is 66.9 Å². The SMILES string of the molecule is CCCN(CCN=C(NCC)NC(C)Cc1c(C)nn(C)c1C)C(=O)OC(C)(C)C. The van der Waals surface area contributed by atoms with E-state index in [2.05, 4.69) is 41.5 Å². The van der Waals surface area contributed by atoms with Gasteiger partial charge in [-0.25, -0.2) is 4.79 Å². The predicted octanol–water partition coefficient (Wildman–Crippen LogP) is 3.17. The van der Waals surface area contributed by atoms with E-state index in [1.165, 1.54) is 11.3 Å². The first-order chi connectivity index (χ1) is 14.0. The molecule has 8 heteroatoms. The van der Waals surface area contributed by atoms with E-state index < -0.39 is 5.60 Å². The lowest BCUT2D eigenvalue weighted by molar-refractivity contribution is 0.0256. The molecule has 1 unspecified atom stereocenters. The first-order valence-electron chi connectivity index (χ1n) is 11.0. The summed E-state index contributed by atoms with van der Waals surface area (Å²) in [5, 5.41) is 11.3. The van der Waals surface area contributed by atoms with Crippen LogP contribution >= 0.6 is 0 Å². The minimum Gasteiger partial charge on any atom is -0.444 e. The summed E-state index contributed by atoms with van der Waals surface area (Å²) in [5.74, 6) is 0.754. The summed E-state index contributed by atoms with van der Waals surface area (Å²) in [6.07, 6.45) is 1.46. The molecule has 1 aromatic rings. The second-order valence-electron chi connectivity index (χ2n) is 8.75. The molecule has 0 radical (unpaired) electrons. The lowest BCUT2D eigenvalue weighted by Crippen LogP contribution is -2.44. The van der Waals surface area contributed by atoms with Crippen molar-refractivity contribution < 1.29 is 9.53 Å². The highest BCUT2D eigenvalue weighted by Crippen LogP contribution is 2.14. The van der Waals surface area contributed by atoms with Crippen molar-refractivity contribution in [2.45, 2.75) is 79.9 Å². The van der Waals surface area contributed by atoms with Gasteiger partial charge in [-0.15, -0.1) is 0 Å². The summed E-state index contributed by atoms with van der Waals surface area (Å²) in [4.78, 5) is 18.8. The molecule has 8 nitrogen and oxygen atoms in total. The Bertz CT molecular complexity index is 705. The van der Waals surface area contributed by atoms with E-state index in [0.717, 1.165) is 31.0 Å². The van der Waals surface area contributed by atoms with Gasteiger partial charge < -0.3 is 20.3 Å². The zero-order valence-corrected chi connectivity index (χ0v) is 20.4. The Morgan fingerprint density at radius 2 is 1.93 bits per heavy atom. The molecule has 0 aliphatic carbocycles. The second-order valence-corrected chi connectivity index (χ2v) is 8.75. The molecule has 0 aromatic carbocycles. The third kappa shape index (κ3) is 8.63. The molecule has 0 bridgehead atoms. The fourth-order valence-electron chi connectivity index (χ4n) is 3.20. The molecule has 1 atom stereocenters. The third-order valence-electron chi connectivity index (χ3n) is 4.68. The molecular formula is C22H42N6O2. The van der Waals surface area contributed by atoms with E-state index in [1.54, 1.807) is 4.90 Å². The van der Waals surface area contributed by atoms with Crippen molar-refractivity contribution in [2.75, 3.05) is 26.2 Å². The molecule has 0 spiro atoms. The van der Waals surface area contributed by atoms with Gasteiger partial charge in [-0.3, -0.25) is 9.67 Å². The maximum atomic E-state index is 12.4. The van der Waals surface area contributed by atoms with Crippen LogP contribution in [0.5, 0.6) is 0 Å². The first-order valence-corrected chi connectivity index (χ1v) is 11.0. The number of aryl methyl sites for hydroxylation is 2.